The molecule has 0 atom stereocenters. The number of hydrogen-bond acceptors (Lipinski definition) is 3. The molecule has 0 radical (unpaired) electrons. The summed E-state index contributed by atoms with van der Waals surface area (Å²) in [4.78, 5) is 9.00. The van der Waals surface area contributed by atoms with Gasteiger partial charge in [0.05, 0.1) is 0 Å². The van der Waals surface area contributed by atoms with Crippen molar-refractivity contribution in [2.75, 3.05) is 36.0 Å². The van der Waals surface area contributed by atoms with Gasteiger partial charge in [0.25, 0.3) is 0 Å². The van der Waals surface area contributed by atoms with Gasteiger partial charge in [0.2, 0.25) is 0 Å². The smallest absolute Gasteiger partial charge is 0.128 e. The summed E-state index contributed by atoms with van der Waals surface area (Å²) in [6, 6.07) is 11.0. The highest BCUT2D eigenvalue weighted by Gasteiger charge is 2.19. The lowest BCUT2D eigenvalue weighted by Crippen LogP contribution is -2.47. The normalized spacial score (nSPS) is 15.3. The number of nitrogens with zero attached hydrogens (tertiary/aromatic N) is 3. The van der Waals surface area contributed by atoms with E-state index < -0.39 is 0 Å². The zero-order chi connectivity index (χ0) is 14.7. The largest absolute Gasteiger partial charge is 0.368 e. The Bertz CT molecular complexity index is 598. The molecule has 2 heterocycles. The first-order chi connectivity index (χ1) is 10.3. The second kappa shape index (κ2) is 6.43. The molecule has 0 amide bonds. The molecule has 0 N–H and O–H groups in total. The Hall–Kier alpha value is -1.62. The lowest BCUT2D eigenvalue weighted by Gasteiger charge is -2.37. The van der Waals surface area contributed by atoms with Crippen LogP contribution in [0.2, 0.25) is 0 Å². The van der Waals surface area contributed by atoms with E-state index in [0.29, 0.717) is 5.33 Å². The van der Waals surface area contributed by atoms with Crippen LogP contribution in [0, 0.1) is 5.82 Å². The number of halogens is 2. The van der Waals surface area contributed by atoms with Crippen molar-refractivity contribution in [3.05, 3.63) is 54.0 Å². The first kappa shape index (κ1) is 14.3. The van der Waals surface area contributed by atoms with Crippen molar-refractivity contribution < 1.29 is 4.39 Å². The highest BCUT2D eigenvalue weighted by molar-refractivity contribution is 9.08. The Morgan fingerprint density at radius 2 is 1.81 bits per heavy atom. The van der Waals surface area contributed by atoms with Gasteiger partial charge in [-0.25, -0.2) is 9.37 Å². The summed E-state index contributed by atoms with van der Waals surface area (Å²) in [5.41, 5.74) is 2.12. The van der Waals surface area contributed by atoms with Crippen LogP contribution >= 0.6 is 15.9 Å². The number of pyridine rings is 1. The summed E-state index contributed by atoms with van der Waals surface area (Å²) in [5, 5.41) is 0.667. The summed E-state index contributed by atoms with van der Waals surface area (Å²) in [6.07, 6.45) is 1.82. The fourth-order valence-electron chi connectivity index (χ4n) is 2.69. The molecule has 1 aromatic heterocycles. The average Bonchev–Trinajstić information content (AvgIpc) is 2.56. The lowest BCUT2D eigenvalue weighted by atomic mass is 10.1. The molecule has 1 fully saturated rings. The predicted octanol–water partition coefficient (Wildman–Crippen LogP) is 3.44. The van der Waals surface area contributed by atoms with E-state index in [-0.39, 0.29) is 5.82 Å². The molecule has 1 aromatic carbocycles. The molecule has 1 saturated heterocycles. The second-order valence-electron chi connectivity index (χ2n) is 5.07. The second-order valence-corrected chi connectivity index (χ2v) is 5.63. The summed E-state index contributed by atoms with van der Waals surface area (Å²) in [5.74, 6) is 0.845. The van der Waals surface area contributed by atoms with E-state index in [4.69, 9.17) is 0 Å². The van der Waals surface area contributed by atoms with E-state index >= 15 is 0 Å². The van der Waals surface area contributed by atoms with Gasteiger partial charge < -0.3 is 9.80 Å². The molecular formula is C16H17BrFN3. The van der Waals surface area contributed by atoms with Crippen molar-refractivity contribution in [1.82, 2.24) is 4.98 Å². The van der Waals surface area contributed by atoms with Crippen molar-refractivity contribution in [3.63, 3.8) is 0 Å². The van der Waals surface area contributed by atoms with Crippen LogP contribution < -0.4 is 9.80 Å². The van der Waals surface area contributed by atoms with E-state index in [1.807, 2.05) is 30.5 Å². The topological polar surface area (TPSA) is 19.4 Å². The Kier molecular flexibility index (Phi) is 4.39. The van der Waals surface area contributed by atoms with Crippen LogP contribution in [-0.4, -0.2) is 31.2 Å². The van der Waals surface area contributed by atoms with E-state index in [0.717, 1.165) is 43.2 Å². The van der Waals surface area contributed by atoms with Crippen LogP contribution in [-0.2, 0) is 5.33 Å². The minimum atomic E-state index is -0.180. The van der Waals surface area contributed by atoms with Crippen molar-refractivity contribution in [2.45, 2.75) is 5.33 Å². The van der Waals surface area contributed by atoms with Crippen molar-refractivity contribution in [1.29, 1.82) is 0 Å². The van der Waals surface area contributed by atoms with Gasteiger partial charge in [-0.3, -0.25) is 0 Å². The monoisotopic (exact) mass is 349 g/mol. The molecule has 0 bridgehead atoms. The fourth-order valence-corrected chi connectivity index (χ4v) is 3.14. The number of anilines is 2. The Labute approximate surface area is 132 Å². The van der Waals surface area contributed by atoms with Gasteiger partial charge in [-0.2, -0.15) is 0 Å². The quantitative estimate of drug-likeness (QED) is 0.791. The highest BCUT2D eigenvalue weighted by Crippen LogP contribution is 2.25. The molecule has 21 heavy (non-hydrogen) atoms. The maximum absolute atomic E-state index is 13.3. The predicted molar refractivity (Wildman–Crippen MR) is 87.7 cm³/mol. The highest BCUT2D eigenvalue weighted by atomic mass is 79.9. The molecule has 110 valence electrons. The molecule has 3 rings (SSSR count). The molecular weight excluding hydrogens is 333 g/mol. The molecule has 3 nitrogen and oxygen atoms in total. The Morgan fingerprint density at radius 3 is 2.48 bits per heavy atom. The minimum absolute atomic E-state index is 0.180. The minimum Gasteiger partial charge on any atom is -0.368 e. The molecule has 5 heteroatoms. The molecule has 2 aromatic rings. The summed E-state index contributed by atoms with van der Waals surface area (Å²) in [6.45, 7) is 3.69. The molecule has 1 aliphatic rings. The van der Waals surface area contributed by atoms with Crippen molar-refractivity contribution >= 4 is 27.4 Å². The Balaban J connectivity index is 1.71. The van der Waals surface area contributed by atoms with Gasteiger partial charge in [-0.1, -0.05) is 22.0 Å². The maximum atomic E-state index is 13.3. The van der Waals surface area contributed by atoms with Gasteiger partial charge in [0.1, 0.15) is 11.6 Å². The van der Waals surface area contributed by atoms with Crippen LogP contribution in [0.5, 0.6) is 0 Å². The average molecular weight is 350 g/mol. The zero-order valence-corrected chi connectivity index (χ0v) is 13.3. The molecule has 0 spiro atoms. The third kappa shape index (κ3) is 3.18. The first-order valence-corrected chi connectivity index (χ1v) is 8.15. The number of piperazine rings is 1. The lowest BCUT2D eigenvalue weighted by molar-refractivity contribution is 0.622. The van der Waals surface area contributed by atoms with Gasteiger partial charge in [0.15, 0.2) is 0 Å². The van der Waals surface area contributed by atoms with Gasteiger partial charge >= 0.3 is 0 Å². The third-order valence-corrected chi connectivity index (χ3v) is 4.38. The van der Waals surface area contributed by atoms with E-state index in [2.05, 4.69) is 30.7 Å². The van der Waals surface area contributed by atoms with E-state index in [1.165, 1.54) is 6.07 Å². The zero-order valence-electron chi connectivity index (χ0n) is 11.7. The van der Waals surface area contributed by atoms with Crippen LogP contribution in [0.25, 0.3) is 0 Å². The SMILES string of the molecule is Fc1ccc(N2CCN(c3ccccn3)CC2)c(CBr)c1. The molecule has 0 aliphatic carbocycles. The number of hydrogen-bond donors (Lipinski definition) is 0. The molecule has 1 aliphatic heterocycles. The number of aromatic nitrogens is 1. The van der Waals surface area contributed by atoms with Crippen LogP contribution in [0.4, 0.5) is 15.9 Å². The summed E-state index contributed by atoms with van der Waals surface area (Å²) in [7, 11) is 0. The molecule has 0 saturated carbocycles. The standard InChI is InChI=1S/C16H17BrFN3/c17-12-13-11-14(18)4-5-15(13)20-7-9-21(10-8-20)16-3-1-2-6-19-16/h1-6,11H,7-10,12H2. The van der Waals surface area contributed by atoms with Gasteiger partial charge in [-0.05, 0) is 35.9 Å². The summed E-state index contributed by atoms with van der Waals surface area (Å²) < 4.78 is 13.3. The van der Waals surface area contributed by atoms with Crippen LogP contribution in [0.1, 0.15) is 5.56 Å². The van der Waals surface area contributed by atoms with Crippen LogP contribution in [0.3, 0.4) is 0 Å². The Morgan fingerprint density at radius 1 is 1.05 bits per heavy atom. The van der Waals surface area contributed by atoms with Gasteiger partial charge in [-0.15, -0.1) is 0 Å². The first-order valence-electron chi connectivity index (χ1n) is 7.03. The fraction of sp³-hybridized carbons (Fsp3) is 0.312. The van der Waals surface area contributed by atoms with Crippen molar-refractivity contribution in [3.8, 4) is 0 Å². The number of rotatable bonds is 3. The molecule has 0 unspecified atom stereocenters. The number of alkyl halides is 1. The van der Waals surface area contributed by atoms with E-state index in [9.17, 15) is 4.39 Å². The number of benzene rings is 1. The summed E-state index contributed by atoms with van der Waals surface area (Å²) >= 11 is 3.44. The maximum Gasteiger partial charge on any atom is 0.128 e. The van der Waals surface area contributed by atoms with E-state index in [1.54, 1.807) is 6.07 Å². The van der Waals surface area contributed by atoms with Crippen molar-refractivity contribution in [2.24, 2.45) is 0 Å². The van der Waals surface area contributed by atoms with Crippen LogP contribution in [0.15, 0.2) is 42.6 Å². The van der Waals surface area contributed by atoms with Gasteiger partial charge in [0, 0.05) is 43.4 Å². The third-order valence-electron chi connectivity index (χ3n) is 3.78.